The smallest absolute Gasteiger partial charge is 0.226 e. The molecule has 106 valence electrons. The van der Waals surface area contributed by atoms with Crippen molar-refractivity contribution in [1.82, 2.24) is 10.1 Å². The Morgan fingerprint density at radius 3 is 3.10 bits per heavy atom. The van der Waals surface area contributed by atoms with Crippen molar-refractivity contribution in [2.24, 2.45) is 5.73 Å². The van der Waals surface area contributed by atoms with E-state index in [-0.39, 0.29) is 6.04 Å². The number of rotatable bonds is 4. The molecule has 1 atom stereocenters. The average Bonchev–Trinajstić information content (AvgIpc) is 2.86. The summed E-state index contributed by atoms with van der Waals surface area (Å²) < 4.78 is 5.24. The van der Waals surface area contributed by atoms with Crippen LogP contribution in [0.15, 0.2) is 28.8 Å². The molecule has 0 saturated heterocycles. The highest BCUT2D eigenvalue weighted by molar-refractivity contribution is 5.56. The molecule has 5 heteroatoms. The lowest BCUT2D eigenvalue weighted by molar-refractivity contribution is 0.371. The van der Waals surface area contributed by atoms with E-state index in [0.29, 0.717) is 6.54 Å². The Morgan fingerprint density at radius 2 is 2.25 bits per heavy atom. The molecule has 0 fully saturated rings. The third-order valence-electron chi connectivity index (χ3n) is 3.58. The molecule has 1 aliphatic rings. The fourth-order valence-corrected chi connectivity index (χ4v) is 2.71. The van der Waals surface area contributed by atoms with Gasteiger partial charge in [-0.1, -0.05) is 30.3 Å². The van der Waals surface area contributed by atoms with Crippen molar-refractivity contribution in [3.63, 3.8) is 0 Å². The van der Waals surface area contributed by atoms with Crippen LogP contribution in [0.5, 0.6) is 0 Å². The van der Waals surface area contributed by atoms with Gasteiger partial charge in [-0.05, 0) is 24.5 Å². The van der Waals surface area contributed by atoms with Gasteiger partial charge in [-0.2, -0.15) is 4.98 Å². The Labute approximate surface area is 118 Å². The highest BCUT2D eigenvalue weighted by Gasteiger charge is 2.23. The Kier molecular flexibility index (Phi) is 3.69. The second kappa shape index (κ2) is 5.63. The fourth-order valence-electron chi connectivity index (χ4n) is 2.71. The van der Waals surface area contributed by atoms with Crippen molar-refractivity contribution in [3.8, 4) is 0 Å². The van der Waals surface area contributed by atoms with Gasteiger partial charge in [-0.25, -0.2) is 0 Å². The minimum Gasteiger partial charge on any atom is -0.362 e. The van der Waals surface area contributed by atoms with Crippen molar-refractivity contribution >= 4 is 5.69 Å². The lowest BCUT2D eigenvalue weighted by Gasteiger charge is -2.33. The average molecular weight is 272 g/mol. The summed E-state index contributed by atoms with van der Waals surface area (Å²) >= 11 is 0. The van der Waals surface area contributed by atoms with Crippen LogP contribution in [-0.2, 0) is 19.4 Å². The first-order valence-electron chi connectivity index (χ1n) is 7.16. The van der Waals surface area contributed by atoms with E-state index in [1.54, 1.807) is 0 Å². The van der Waals surface area contributed by atoms with Crippen LogP contribution in [0.25, 0.3) is 0 Å². The molecule has 1 aliphatic heterocycles. The Morgan fingerprint density at radius 1 is 1.40 bits per heavy atom. The number of fused-ring (bicyclic) bond motifs is 1. The summed E-state index contributed by atoms with van der Waals surface area (Å²) in [5, 5.41) is 4.06. The molecule has 0 radical (unpaired) electrons. The van der Waals surface area contributed by atoms with Crippen LogP contribution < -0.4 is 10.6 Å². The van der Waals surface area contributed by atoms with Gasteiger partial charge in [0.25, 0.3) is 0 Å². The van der Waals surface area contributed by atoms with Gasteiger partial charge in [0.15, 0.2) is 5.82 Å². The number of nitrogens with two attached hydrogens (primary N) is 1. The third-order valence-corrected chi connectivity index (χ3v) is 3.58. The van der Waals surface area contributed by atoms with Gasteiger partial charge in [0.2, 0.25) is 5.89 Å². The summed E-state index contributed by atoms with van der Waals surface area (Å²) in [6.07, 6.45) is 2.78. The van der Waals surface area contributed by atoms with Gasteiger partial charge in [-0.15, -0.1) is 0 Å². The molecular formula is C15H20N4O. The van der Waals surface area contributed by atoms with Crippen molar-refractivity contribution in [3.05, 3.63) is 41.5 Å². The minimum atomic E-state index is 0.159. The molecule has 1 unspecified atom stereocenters. The molecule has 0 amide bonds. The van der Waals surface area contributed by atoms with Crippen LogP contribution in [0.4, 0.5) is 5.69 Å². The van der Waals surface area contributed by atoms with Gasteiger partial charge < -0.3 is 15.2 Å². The van der Waals surface area contributed by atoms with Gasteiger partial charge in [0.05, 0.1) is 6.54 Å². The van der Waals surface area contributed by atoms with Crippen LogP contribution in [-0.4, -0.2) is 22.7 Å². The molecule has 2 heterocycles. The maximum absolute atomic E-state index is 6.14. The molecule has 0 bridgehead atoms. The maximum Gasteiger partial charge on any atom is 0.226 e. The van der Waals surface area contributed by atoms with Crippen molar-refractivity contribution < 1.29 is 4.52 Å². The van der Waals surface area contributed by atoms with Crippen LogP contribution in [0, 0.1) is 0 Å². The molecule has 1 aromatic carbocycles. The summed E-state index contributed by atoms with van der Waals surface area (Å²) in [5.74, 6) is 1.45. The molecule has 0 saturated carbocycles. The van der Waals surface area contributed by atoms with Gasteiger partial charge in [0, 0.05) is 24.7 Å². The second-order valence-electron chi connectivity index (χ2n) is 5.33. The Balaban J connectivity index is 1.79. The molecule has 20 heavy (non-hydrogen) atoms. The van der Waals surface area contributed by atoms with E-state index in [2.05, 4.69) is 46.2 Å². The second-order valence-corrected chi connectivity index (χ2v) is 5.33. The molecule has 1 aromatic heterocycles. The van der Waals surface area contributed by atoms with E-state index >= 15 is 0 Å². The summed E-state index contributed by atoms with van der Waals surface area (Å²) in [4.78, 5) is 6.67. The zero-order valence-electron chi connectivity index (χ0n) is 11.7. The maximum atomic E-state index is 6.14. The lowest BCUT2D eigenvalue weighted by Crippen LogP contribution is -2.43. The number of benzene rings is 1. The summed E-state index contributed by atoms with van der Waals surface area (Å²) in [7, 11) is 0. The van der Waals surface area contributed by atoms with Crippen molar-refractivity contribution in [1.29, 1.82) is 0 Å². The number of aromatic nitrogens is 2. The van der Waals surface area contributed by atoms with Crippen LogP contribution in [0.2, 0.25) is 0 Å². The van der Waals surface area contributed by atoms with E-state index in [1.165, 1.54) is 11.3 Å². The van der Waals surface area contributed by atoms with E-state index in [4.69, 9.17) is 10.3 Å². The monoisotopic (exact) mass is 272 g/mol. The molecule has 3 rings (SSSR count). The predicted molar refractivity (Wildman–Crippen MR) is 77.5 cm³/mol. The van der Waals surface area contributed by atoms with Gasteiger partial charge in [0.1, 0.15) is 0 Å². The van der Waals surface area contributed by atoms with Gasteiger partial charge >= 0.3 is 0 Å². The first-order chi connectivity index (χ1) is 9.76. The fraction of sp³-hybridized carbons (Fsp3) is 0.467. The molecule has 5 nitrogen and oxygen atoms in total. The zero-order valence-corrected chi connectivity index (χ0v) is 11.7. The normalized spacial score (nSPS) is 18.1. The number of para-hydroxylation sites is 1. The number of hydrogen-bond donors (Lipinski definition) is 1. The first-order valence-corrected chi connectivity index (χ1v) is 7.16. The van der Waals surface area contributed by atoms with E-state index in [1.807, 2.05) is 0 Å². The van der Waals surface area contributed by atoms with Crippen molar-refractivity contribution in [2.75, 3.05) is 11.4 Å². The van der Waals surface area contributed by atoms with Crippen LogP contribution in [0.1, 0.15) is 30.6 Å². The highest BCUT2D eigenvalue weighted by Crippen LogP contribution is 2.27. The number of nitrogens with zero attached hydrogens (tertiary/aromatic N) is 3. The number of anilines is 1. The SMILES string of the molecule is CCCc1nc(CN2CC(N)Cc3ccccc32)no1. The standard InChI is InChI=1S/C15H20N4O/c1-2-5-15-17-14(18-20-15)10-19-9-12(16)8-11-6-3-4-7-13(11)19/h3-4,6-7,12H,2,5,8-10,16H2,1H3. The van der Waals surface area contributed by atoms with Crippen LogP contribution in [0.3, 0.4) is 0 Å². The first kappa shape index (κ1) is 13.1. The summed E-state index contributed by atoms with van der Waals surface area (Å²) in [6, 6.07) is 8.55. The zero-order chi connectivity index (χ0) is 13.9. The highest BCUT2D eigenvalue weighted by atomic mass is 16.5. The number of aryl methyl sites for hydroxylation is 1. The summed E-state index contributed by atoms with van der Waals surface area (Å²) in [6.45, 7) is 3.58. The van der Waals surface area contributed by atoms with Crippen LogP contribution >= 0.6 is 0 Å². The molecule has 0 aliphatic carbocycles. The van der Waals surface area contributed by atoms with E-state index in [0.717, 1.165) is 37.5 Å². The van der Waals surface area contributed by atoms with Gasteiger partial charge in [-0.3, -0.25) is 0 Å². The lowest BCUT2D eigenvalue weighted by atomic mass is 9.98. The number of hydrogen-bond acceptors (Lipinski definition) is 5. The molecule has 0 spiro atoms. The largest absolute Gasteiger partial charge is 0.362 e. The topological polar surface area (TPSA) is 68.2 Å². The van der Waals surface area contributed by atoms with E-state index in [9.17, 15) is 0 Å². The minimum absolute atomic E-state index is 0.159. The molecular weight excluding hydrogens is 252 g/mol. The Hall–Kier alpha value is -1.88. The molecule has 2 aromatic rings. The predicted octanol–water partition coefficient (Wildman–Crippen LogP) is 1.91. The summed E-state index contributed by atoms with van der Waals surface area (Å²) in [5.41, 5.74) is 8.67. The molecule has 2 N–H and O–H groups in total. The third kappa shape index (κ3) is 2.67. The quantitative estimate of drug-likeness (QED) is 0.920. The van der Waals surface area contributed by atoms with E-state index < -0.39 is 0 Å². The van der Waals surface area contributed by atoms with Crippen molar-refractivity contribution in [2.45, 2.75) is 38.8 Å². The Bertz CT molecular complexity index is 581.